The highest BCUT2D eigenvalue weighted by Gasteiger charge is 1.90. The molecule has 3 nitrogen and oxygen atoms in total. The zero-order valence-electron chi connectivity index (χ0n) is 9.06. The molecule has 0 saturated heterocycles. The van der Waals surface area contributed by atoms with Crippen LogP contribution in [-0.4, -0.2) is 45.9 Å². The second kappa shape index (κ2) is 13.2. The molecule has 0 atom stereocenters. The third-order valence-electron chi connectivity index (χ3n) is 1.84. The Morgan fingerprint density at radius 3 is 2.57 bits per heavy atom. The molecule has 0 amide bonds. The van der Waals surface area contributed by atoms with Crippen molar-refractivity contribution in [3.63, 3.8) is 0 Å². The van der Waals surface area contributed by atoms with Gasteiger partial charge in [0, 0.05) is 19.5 Å². The molecule has 0 rings (SSSR count). The van der Waals surface area contributed by atoms with Crippen molar-refractivity contribution in [1.82, 2.24) is 5.32 Å². The molecule has 0 spiro atoms. The monoisotopic (exact) mass is 223 g/mol. The van der Waals surface area contributed by atoms with Gasteiger partial charge in [-0.3, -0.25) is 0 Å². The summed E-state index contributed by atoms with van der Waals surface area (Å²) >= 11 is 5.56. The molecule has 1 N–H and O–H groups in total. The van der Waals surface area contributed by atoms with Crippen LogP contribution in [0.2, 0.25) is 0 Å². The predicted molar refractivity (Wildman–Crippen MR) is 60.1 cm³/mol. The molecule has 0 aromatic carbocycles. The number of halogens is 1. The topological polar surface area (TPSA) is 30.5 Å². The summed E-state index contributed by atoms with van der Waals surface area (Å²) in [5.41, 5.74) is 0. The highest BCUT2D eigenvalue weighted by atomic mass is 35.5. The fraction of sp³-hybridized carbons (Fsp3) is 1.00. The summed E-state index contributed by atoms with van der Waals surface area (Å²) in [4.78, 5) is 0. The molecular formula is C10H22ClNO2. The van der Waals surface area contributed by atoms with Gasteiger partial charge in [-0.25, -0.2) is 0 Å². The molecular weight excluding hydrogens is 202 g/mol. The van der Waals surface area contributed by atoms with E-state index >= 15 is 0 Å². The minimum Gasteiger partial charge on any atom is -0.382 e. The van der Waals surface area contributed by atoms with Gasteiger partial charge in [-0.05, 0) is 19.4 Å². The zero-order chi connectivity index (χ0) is 10.5. The molecule has 0 aliphatic rings. The summed E-state index contributed by atoms with van der Waals surface area (Å²) in [5.74, 6) is 0.778. The van der Waals surface area contributed by atoms with Crippen molar-refractivity contribution in [3.05, 3.63) is 0 Å². The average Bonchev–Trinajstić information content (AvgIpc) is 2.21. The highest BCUT2D eigenvalue weighted by Crippen LogP contribution is 1.95. The first kappa shape index (κ1) is 14.2. The Morgan fingerprint density at radius 1 is 1.00 bits per heavy atom. The number of rotatable bonds is 11. The number of ether oxygens (including phenoxy) is 2. The van der Waals surface area contributed by atoms with E-state index in [9.17, 15) is 0 Å². The molecule has 14 heavy (non-hydrogen) atoms. The fourth-order valence-corrected chi connectivity index (χ4v) is 1.22. The van der Waals surface area contributed by atoms with E-state index in [2.05, 4.69) is 5.32 Å². The number of hydrogen-bond acceptors (Lipinski definition) is 3. The van der Waals surface area contributed by atoms with Gasteiger partial charge in [0.2, 0.25) is 0 Å². The molecule has 0 fully saturated rings. The van der Waals surface area contributed by atoms with E-state index in [1.807, 2.05) is 0 Å². The fourth-order valence-electron chi connectivity index (χ4n) is 1.03. The Hall–Kier alpha value is 0.170. The summed E-state index contributed by atoms with van der Waals surface area (Å²) in [5, 5.41) is 3.31. The summed E-state index contributed by atoms with van der Waals surface area (Å²) in [6, 6.07) is 0. The van der Waals surface area contributed by atoms with E-state index in [-0.39, 0.29) is 0 Å². The van der Waals surface area contributed by atoms with Gasteiger partial charge in [0.05, 0.1) is 19.8 Å². The molecule has 0 radical (unpaired) electrons. The van der Waals surface area contributed by atoms with E-state index in [4.69, 9.17) is 21.1 Å². The molecule has 0 bridgehead atoms. The average molecular weight is 224 g/mol. The Balaban J connectivity index is 2.78. The maximum atomic E-state index is 5.56. The lowest BCUT2D eigenvalue weighted by atomic mass is 10.2. The van der Waals surface area contributed by atoms with E-state index in [0.29, 0.717) is 13.2 Å². The second-order valence-electron chi connectivity index (χ2n) is 3.10. The lowest BCUT2D eigenvalue weighted by Gasteiger charge is -2.05. The van der Waals surface area contributed by atoms with Crippen molar-refractivity contribution in [2.24, 2.45) is 0 Å². The molecule has 0 aromatic rings. The summed E-state index contributed by atoms with van der Waals surface area (Å²) in [7, 11) is 1.68. The van der Waals surface area contributed by atoms with E-state index in [0.717, 1.165) is 32.0 Å². The predicted octanol–water partition coefficient (Wildman–Crippen LogP) is 1.65. The van der Waals surface area contributed by atoms with Gasteiger partial charge in [-0.15, -0.1) is 11.6 Å². The van der Waals surface area contributed by atoms with Crippen LogP contribution in [-0.2, 0) is 9.47 Å². The SMILES string of the molecule is COCCOCCNCCCCCCl. The minimum atomic E-state index is 0.676. The van der Waals surface area contributed by atoms with Crippen LogP contribution in [0.1, 0.15) is 19.3 Å². The Bertz CT molecular complexity index is 92.1. The molecule has 0 unspecified atom stereocenters. The van der Waals surface area contributed by atoms with Gasteiger partial charge < -0.3 is 14.8 Å². The summed E-state index contributed by atoms with van der Waals surface area (Å²) in [6.45, 7) is 4.11. The van der Waals surface area contributed by atoms with Crippen molar-refractivity contribution in [1.29, 1.82) is 0 Å². The highest BCUT2D eigenvalue weighted by molar-refractivity contribution is 6.17. The number of alkyl halides is 1. The number of unbranched alkanes of at least 4 members (excludes halogenated alkanes) is 2. The summed E-state index contributed by atoms with van der Waals surface area (Å²) < 4.78 is 10.1. The first-order valence-corrected chi connectivity index (χ1v) is 5.78. The Kier molecular flexibility index (Phi) is 13.3. The van der Waals surface area contributed by atoms with Gasteiger partial charge in [0.15, 0.2) is 0 Å². The molecule has 0 saturated carbocycles. The number of hydrogen-bond donors (Lipinski definition) is 1. The van der Waals surface area contributed by atoms with Crippen LogP contribution in [0.4, 0.5) is 0 Å². The van der Waals surface area contributed by atoms with Crippen LogP contribution >= 0.6 is 11.6 Å². The van der Waals surface area contributed by atoms with Crippen LogP contribution in [0.15, 0.2) is 0 Å². The van der Waals surface area contributed by atoms with Crippen molar-refractivity contribution in [2.45, 2.75) is 19.3 Å². The van der Waals surface area contributed by atoms with E-state index in [1.165, 1.54) is 12.8 Å². The van der Waals surface area contributed by atoms with Gasteiger partial charge in [0.1, 0.15) is 0 Å². The standard InChI is InChI=1S/C10H22ClNO2/c1-13-9-10-14-8-7-12-6-4-2-3-5-11/h12H,2-10H2,1H3. The normalized spacial score (nSPS) is 10.7. The lowest BCUT2D eigenvalue weighted by molar-refractivity contribution is 0.0720. The first-order chi connectivity index (χ1) is 6.91. The van der Waals surface area contributed by atoms with Crippen LogP contribution in [0.5, 0.6) is 0 Å². The Morgan fingerprint density at radius 2 is 1.86 bits per heavy atom. The third-order valence-corrected chi connectivity index (χ3v) is 2.11. The third kappa shape index (κ3) is 12.2. The molecule has 0 aliphatic carbocycles. The van der Waals surface area contributed by atoms with Crippen LogP contribution in [0, 0.1) is 0 Å². The smallest absolute Gasteiger partial charge is 0.0700 e. The van der Waals surface area contributed by atoms with Crippen LogP contribution in [0.3, 0.4) is 0 Å². The van der Waals surface area contributed by atoms with Gasteiger partial charge in [-0.1, -0.05) is 6.42 Å². The minimum absolute atomic E-state index is 0.676. The Labute approximate surface area is 92.1 Å². The maximum absolute atomic E-state index is 5.56. The van der Waals surface area contributed by atoms with E-state index in [1.54, 1.807) is 7.11 Å². The van der Waals surface area contributed by atoms with Crippen molar-refractivity contribution in [3.8, 4) is 0 Å². The van der Waals surface area contributed by atoms with Crippen molar-refractivity contribution >= 4 is 11.6 Å². The first-order valence-electron chi connectivity index (χ1n) is 5.25. The van der Waals surface area contributed by atoms with Crippen LogP contribution < -0.4 is 5.32 Å². The van der Waals surface area contributed by atoms with Crippen LogP contribution in [0.25, 0.3) is 0 Å². The molecule has 0 aromatic heterocycles. The lowest BCUT2D eigenvalue weighted by Crippen LogP contribution is -2.21. The van der Waals surface area contributed by atoms with Gasteiger partial charge in [-0.2, -0.15) is 0 Å². The summed E-state index contributed by atoms with van der Waals surface area (Å²) in [6.07, 6.45) is 3.53. The quantitative estimate of drug-likeness (QED) is 0.427. The van der Waals surface area contributed by atoms with E-state index < -0.39 is 0 Å². The molecule has 0 aliphatic heterocycles. The van der Waals surface area contributed by atoms with Crippen molar-refractivity contribution in [2.75, 3.05) is 45.9 Å². The molecule has 4 heteroatoms. The maximum Gasteiger partial charge on any atom is 0.0700 e. The molecule has 0 heterocycles. The number of methoxy groups -OCH3 is 1. The van der Waals surface area contributed by atoms with Gasteiger partial charge >= 0.3 is 0 Å². The largest absolute Gasteiger partial charge is 0.382 e. The second-order valence-corrected chi connectivity index (χ2v) is 3.48. The van der Waals surface area contributed by atoms with Crippen molar-refractivity contribution < 1.29 is 9.47 Å². The zero-order valence-corrected chi connectivity index (χ0v) is 9.81. The van der Waals surface area contributed by atoms with Gasteiger partial charge in [0.25, 0.3) is 0 Å². The number of nitrogens with one attached hydrogen (secondary N) is 1. The molecule has 86 valence electrons.